The summed E-state index contributed by atoms with van der Waals surface area (Å²) < 4.78 is 36.3. The molecule has 0 aliphatic carbocycles. The number of aliphatic carboxylic acids is 1. The van der Waals surface area contributed by atoms with E-state index in [9.17, 15) is 18.4 Å². The summed E-state index contributed by atoms with van der Waals surface area (Å²) in [7, 11) is 0. The van der Waals surface area contributed by atoms with Crippen molar-refractivity contribution in [1.29, 1.82) is 0 Å². The van der Waals surface area contributed by atoms with E-state index in [4.69, 9.17) is 14.6 Å². The molecule has 0 radical (unpaired) electrons. The smallest absolute Gasteiger partial charge is 0.334 e. The summed E-state index contributed by atoms with van der Waals surface area (Å²) in [4.78, 5) is 24.3. The van der Waals surface area contributed by atoms with Crippen LogP contribution in [0, 0.1) is 11.6 Å². The molecular formula is C15H17F2NO5. The number of carbonyl (C=O) groups is 2. The zero-order valence-electron chi connectivity index (χ0n) is 12.3. The van der Waals surface area contributed by atoms with Crippen molar-refractivity contribution in [2.75, 3.05) is 26.3 Å². The van der Waals surface area contributed by atoms with Gasteiger partial charge in [0.25, 0.3) is 0 Å². The number of amides is 1. The van der Waals surface area contributed by atoms with Crippen LogP contribution >= 0.6 is 0 Å². The first kappa shape index (κ1) is 17.1. The van der Waals surface area contributed by atoms with E-state index in [-0.39, 0.29) is 37.8 Å². The quantitative estimate of drug-likeness (QED) is 0.799. The van der Waals surface area contributed by atoms with Crippen molar-refractivity contribution in [1.82, 2.24) is 4.90 Å². The standard InChI is InChI=1S/C15H17F2NO5/c16-10-3-4-12(11(17)8-10)22-6-1-2-14(19)18-5-7-23-13(9-18)15(20)21/h3-4,8,13H,1-2,5-7,9H2,(H,20,21)/t13-/m0/s1. The van der Waals surface area contributed by atoms with Crippen LogP contribution in [0.2, 0.25) is 0 Å². The van der Waals surface area contributed by atoms with E-state index in [2.05, 4.69) is 0 Å². The number of nitrogens with zero attached hydrogens (tertiary/aromatic N) is 1. The summed E-state index contributed by atoms with van der Waals surface area (Å²) in [6, 6.07) is 3.00. The largest absolute Gasteiger partial charge is 0.491 e. The highest BCUT2D eigenvalue weighted by atomic mass is 19.1. The molecule has 1 atom stereocenters. The number of carboxylic acids is 1. The molecular weight excluding hydrogens is 312 g/mol. The number of hydrogen-bond acceptors (Lipinski definition) is 4. The van der Waals surface area contributed by atoms with Gasteiger partial charge in [-0.2, -0.15) is 0 Å². The molecule has 6 nitrogen and oxygen atoms in total. The number of hydrogen-bond donors (Lipinski definition) is 1. The molecule has 0 saturated carbocycles. The summed E-state index contributed by atoms with van der Waals surface area (Å²) in [5.41, 5.74) is 0. The molecule has 1 heterocycles. The Morgan fingerprint density at radius 3 is 2.87 bits per heavy atom. The maximum absolute atomic E-state index is 13.3. The Balaban J connectivity index is 1.73. The first-order chi connectivity index (χ1) is 11.0. The monoisotopic (exact) mass is 329 g/mol. The Morgan fingerprint density at radius 2 is 2.17 bits per heavy atom. The van der Waals surface area contributed by atoms with E-state index in [0.29, 0.717) is 13.0 Å². The van der Waals surface area contributed by atoms with Gasteiger partial charge < -0.3 is 19.5 Å². The van der Waals surface area contributed by atoms with Crippen LogP contribution in [-0.2, 0) is 14.3 Å². The average molecular weight is 329 g/mol. The van der Waals surface area contributed by atoms with E-state index in [0.717, 1.165) is 12.1 Å². The van der Waals surface area contributed by atoms with Crippen molar-refractivity contribution in [3.05, 3.63) is 29.8 Å². The van der Waals surface area contributed by atoms with E-state index in [1.54, 1.807) is 0 Å². The molecule has 1 N–H and O–H groups in total. The topological polar surface area (TPSA) is 76.1 Å². The maximum Gasteiger partial charge on any atom is 0.334 e. The van der Waals surface area contributed by atoms with Crippen molar-refractivity contribution in [2.45, 2.75) is 18.9 Å². The highest BCUT2D eigenvalue weighted by Crippen LogP contribution is 2.18. The van der Waals surface area contributed by atoms with Crippen LogP contribution in [0.15, 0.2) is 18.2 Å². The van der Waals surface area contributed by atoms with E-state index in [1.165, 1.54) is 11.0 Å². The van der Waals surface area contributed by atoms with Crippen molar-refractivity contribution in [2.24, 2.45) is 0 Å². The van der Waals surface area contributed by atoms with Gasteiger partial charge in [0.05, 0.1) is 19.8 Å². The third-order valence-electron chi connectivity index (χ3n) is 3.38. The van der Waals surface area contributed by atoms with Gasteiger partial charge >= 0.3 is 5.97 Å². The number of carboxylic acid groups (broad SMARTS) is 1. The highest BCUT2D eigenvalue weighted by Gasteiger charge is 2.28. The fraction of sp³-hybridized carbons (Fsp3) is 0.467. The molecule has 1 saturated heterocycles. The third kappa shape index (κ3) is 4.88. The molecule has 2 rings (SSSR count). The molecule has 0 aromatic heterocycles. The van der Waals surface area contributed by atoms with Crippen LogP contribution in [-0.4, -0.2) is 54.3 Å². The zero-order valence-corrected chi connectivity index (χ0v) is 12.3. The summed E-state index contributed by atoms with van der Waals surface area (Å²) >= 11 is 0. The van der Waals surface area contributed by atoms with E-state index < -0.39 is 23.7 Å². The minimum Gasteiger partial charge on any atom is -0.491 e. The van der Waals surface area contributed by atoms with Crippen molar-refractivity contribution in [3.8, 4) is 5.75 Å². The Hall–Kier alpha value is -2.22. The number of ether oxygens (including phenoxy) is 2. The van der Waals surface area contributed by atoms with Gasteiger partial charge in [0, 0.05) is 19.0 Å². The molecule has 8 heteroatoms. The second kappa shape index (κ2) is 7.87. The summed E-state index contributed by atoms with van der Waals surface area (Å²) in [6.07, 6.45) is -0.517. The van der Waals surface area contributed by atoms with E-state index >= 15 is 0 Å². The number of morpholine rings is 1. The molecule has 1 aliphatic heterocycles. The molecule has 126 valence electrons. The SMILES string of the molecule is O=C(O)[C@@H]1CN(C(=O)CCCOc2ccc(F)cc2F)CCO1. The summed E-state index contributed by atoms with van der Waals surface area (Å²) in [5.74, 6) is -2.87. The van der Waals surface area contributed by atoms with Crippen LogP contribution in [0.1, 0.15) is 12.8 Å². The Bertz CT molecular complexity index is 581. The minimum atomic E-state index is -1.10. The first-order valence-corrected chi connectivity index (χ1v) is 7.17. The Morgan fingerprint density at radius 1 is 1.39 bits per heavy atom. The normalized spacial score (nSPS) is 17.8. The molecule has 1 fully saturated rings. The van der Waals surface area contributed by atoms with Gasteiger partial charge in [0.2, 0.25) is 5.91 Å². The zero-order chi connectivity index (χ0) is 16.8. The lowest BCUT2D eigenvalue weighted by atomic mass is 10.2. The van der Waals surface area contributed by atoms with Gasteiger partial charge in [0.1, 0.15) is 5.82 Å². The molecule has 0 unspecified atom stereocenters. The Kier molecular flexibility index (Phi) is 5.86. The summed E-state index contributed by atoms with van der Waals surface area (Å²) in [5, 5.41) is 8.88. The minimum absolute atomic E-state index is 0.0155. The van der Waals surface area contributed by atoms with Crippen molar-refractivity contribution >= 4 is 11.9 Å². The molecule has 1 amide bonds. The van der Waals surface area contributed by atoms with Crippen LogP contribution in [0.3, 0.4) is 0 Å². The van der Waals surface area contributed by atoms with Gasteiger partial charge in [-0.3, -0.25) is 4.79 Å². The lowest BCUT2D eigenvalue weighted by molar-refractivity contribution is -0.159. The van der Waals surface area contributed by atoms with Crippen molar-refractivity contribution < 1.29 is 33.0 Å². The van der Waals surface area contributed by atoms with Gasteiger partial charge in [-0.15, -0.1) is 0 Å². The molecule has 1 aromatic rings. The van der Waals surface area contributed by atoms with E-state index in [1.807, 2.05) is 0 Å². The van der Waals surface area contributed by atoms with Gasteiger partial charge in [-0.05, 0) is 18.6 Å². The average Bonchev–Trinajstić information content (AvgIpc) is 2.53. The Labute approximate surface area is 131 Å². The summed E-state index contributed by atoms with van der Waals surface area (Å²) in [6.45, 7) is 0.638. The number of halogens is 2. The lowest BCUT2D eigenvalue weighted by Crippen LogP contribution is -2.48. The number of carbonyl (C=O) groups excluding carboxylic acids is 1. The van der Waals surface area contributed by atoms with Gasteiger partial charge in [-0.1, -0.05) is 0 Å². The predicted octanol–water partition coefficient (Wildman–Crippen LogP) is 1.44. The van der Waals surface area contributed by atoms with Crippen LogP contribution < -0.4 is 4.74 Å². The molecule has 0 bridgehead atoms. The second-order valence-corrected chi connectivity index (χ2v) is 5.06. The maximum atomic E-state index is 13.3. The fourth-order valence-electron chi connectivity index (χ4n) is 2.18. The fourth-order valence-corrected chi connectivity index (χ4v) is 2.18. The third-order valence-corrected chi connectivity index (χ3v) is 3.38. The first-order valence-electron chi connectivity index (χ1n) is 7.17. The predicted molar refractivity (Wildman–Crippen MR) is 75.0 cm³/mol. The molecule has 23 heavy (non-hydrogen) atoms. The van der Waals surface area contributed by atoms with Gasteiger partial charge in [0.15, 0.2) is 17.7 Å². The van der Waals surface area contributed by atoms with Crippen LogP contribution in [0.4, 0.5) is 8.78 Å². The van der Waals surface area contributed by atoms with Gasteiger partial charge in [-0.25, -0.2) is 13.6 Å². The number of rotatable bonds is 6. The van der Waals surface area contributed by atoms with Crippen LogP contribution in [0.25, 0.3) is 0 Å². The molecule has 1 aliphatic rings. The molecule has 1 aromatic carbocycles. The number of benzene rings is 1. The van der Waals surface area contributed by atoms with Crippen LogP contribution in [0.5, 0.6) is 5.75 Å². The molecule has 0 spiro atoms. The van der Waals surface area contributed by atoms with Crippen molar-refractivity contribution in [3.63, 3.8) is 0 Å². The highest BCUT2D eigenvalue weighted by molar-refractivity contribution is 5.78. The lowest BCUT2D eigenvalue weighted by Gasteiger charge is -2.30. The second-order valence-electron chi connectivity index (χ2n) is 5.06.